The molecule has 1 aromatic rings. The molecule has 2 rings (SSSR count). The van der Waals surface area contributed by atoms with E-state index < -0.39 is 0 Å². The van der Waals surface area contributed by atoms with E-state index in [2.05, 4.69) is 5.32 Å². The van der Waals surface area contributed by atoms with Gasteiger partial charge >= 0.3 is 0 Å². The minimum absolute atomic E-state index is 0.000905. The molecule has 0 radical (unpaired) electrons. The van der Waals surface area contributed by atoms with Crippen molar-refractivity contribution in [3.63, 3.8) is 0 Å². The maximum Gasteiger partial charge on any atom is 0.250 e. The van der Waals surface area contributed by atoms with Crippen molar-refractivity contribution in [1.29, 1.82) is 0 Å². The standard InChI is InChI=1S/C13H20N2O3/c1-17-6-5-15-9-10(3-4-13(15)16)14-11-7-12(8-11)18-2/h3-4,9,11-12,14H,5-8H2,1-2H3. The van der Waals surface area contributed by atoms with Crippen LogP contribution >= 0.6 is 0 Å². The maximum absolute atomic E-state index is 11.6. The third kappa shape index (κ3) is 3.11. The Morgan fingerprint density at radius 3 is 2.83 bits per heavy atom. The third-order valence-electron chi connectivity index (χ3n) is 3.32. The highest BCUT2D eigenvalue weighted by atomic mass is 16.5. The Labute approximate surface area is 107 Å². The van der Waals surface area contributed by atoms with Gasteiger partial charge in [0.2, 0.25) is 0 Å². The van der Waals surface area contributed by atoms with Crippen molar-refractivity contribution in [3.8, 4) is 0 Å². The second kappa shape index (κ2) is 6.02. The van der Waals surface area contributed by atoms with Gasteiger partial charge in [0, 0.05) is 39.1 Å². The summed E-state index contributed by atoms with van der Waals surface area (Å²) in [5.74, 6) is 0. The van der Waals surface area contributed by atoms with Gasteiger partial charge < -0.3 is 19.4 Å². The van der Waals surface area contributed by atoms with E-state index in [4.69, 9.17) is 9.47 Å². The molecule has 1 N–H and O–H groups in total. The fraction of sp³-hybridized carbons (Fsp3) is 0.615. The molecule has 1 heterocycles. The van der Waals surface area contributed by atoms with E-state index >= 15 is 0 Å². The predicted molar refractivity (Wildman–Crippen MR) is 70.0 cm³/mol. The van der Waals surface area contributed by atoms with Gasteiger partial charge in [-0.1, -0.05) is 0 Å². The Morgan fingerprint density at radius 2 is 2.17 bits per heavy atom. The van der Waals surface area contributed by atoms with E-state index in [9.17, 15) is 4.79 Å². The molecule has 1 saturated carbocycles. The summed E-state index contributed by atoms with van der Waals surface area (Å²) in [4.78, 5) is 11.6. The lowest BCUT2D eigenvalue weighted by molar-refractivity contribution is 0.0328. The lowest BCUT2D eigenvalue weighted by atomic mass is 9.89. The number of rotatable bonds is 6. The van der Waals surface area contributed by atoms with Gasteiger partial charge in [0.1, 0.15) is 0 Å². The average Bonchev–Trinajstić information content (AvgIpc) is 2.33. The summed E-state index contributed by atoms with van der Waals surface area (Å²) in [6.45, 7) is 1.12. The van der Waals surface area contributed by atoms with Gasteiger partial charge in [-0.25, -0.2) is 0 Å². The Hall–Kier alpha value is -1.33. The molecule has 1 aliphatic rings. The third-order valence-corrected chi connectivity index (χ3v) is 3.32. The van der Waals surface area contributed by atoms with E-state index in [0.29, 0.717) is 25.3 Å². The zero-order valence-electron chi connectivity index (χ0n) is 10.9. The molecule has 5 heteroatoms. The average molecular weight is 252 g/mol. The smallest absolute Gasteiger partial charge is 0.250 e. The summed E-state index contributed by atoms with van der Waals surface area (Å²) in [6, 6.07) is 3.86. The van der Waals surface area contributed by atoms with E-state index in [1.54, 1.807) is 24.9 Å². The minimum atomic E-state index is 0.000905. The highest BCUT2D eigenvalue weighted by Gasteiger charge is 2.28. The highest BCUT2D eigenvalue weighted by molar-refractivity contribution is 5.42. The Bertz CT molecular complexity index is 438. The van der Waals surface area contributed by atoms with Crippen LogP contribution in [0, 0.1) is 0 Å². The molecule has 0 aromatic carbocycles. The maximum atomic E-state index is 11.6. The number of nitrogens with one attached hydrogen (secondary N) is 1. The molecular formula is C13H20N2O3. The quantitative estimate of drug-likeness (QED) is 0.823. The molecule has 100 valence electrons. The second-order valence-electron chi connectivity index (χ2n) is 4.61. The van der Waals surface area contributed by atoms with Gasteiger partial charge in [-0.15, -0.1) is 0 Å². The first-order valence-corrected chi connectivity index (χ1v) is 6.21. The number of methoxy groups -OCH3 is 2. The summed E-state index contributed by atoms with van der Waals surface area (Å²) in [7, 11) is 3.37. The lowest BCUT2D eigenvalue weighted by Crippen LogP contribution is -2.40. The largest absolute Gasteiger partial charge is 0.383 e. The summed E-state index contributed by atoms with van der Waals surface area (Å²) in [5, 5.41) is 3.41. The van der Waals surface area contributed by atoms with Gasteiger partial charge in [-0.05, 0) is 18.9 Å². The van der Waals surface area contributed by atoms with Gasteiger partial charge in [-0.3, -0.25) is 4.79 Å². The molecule has 0 aliphatic heterocycles. The number of anilines is 1. The van der Waals surface area contributed by atoms with Gasteiger partial charge in [0.05, 0.1) is 18.4 Å². The van der Waals surface area contributed by atoms with Crippen LogP contribution < -0.4 is 10.9 Å². The van der Waals surface area contributed by atoms with Crippen LogP contribution in [0.3, 0.4) is 0 Å². The van der Waals surface area contributed by atoms with Crippen molar-refractivity contribution in [3.05, 3.63) is 28.7 Å². The molecule has 0 amide bonds. The van der Waals surface area contributed by atoms with Crippen LogP contribution in [0.1, 0.15) is 12.8 Å². The Morgan fingerprint density at radius 1 is 1.39 bits per heavy atom. The van der Waals surface area contributed by atoms with Crippen molar-refractivity contribution in [2.24, 2.45) is 0 Å². The molecule has 1 aromatic heterocycles. The summed E-state index contributed by atoms with van der Waals surface area (Å²) in [5.41, 5.74) is 0.978. The van der Waals surface area contributed by atoms with Crippen molar-refractivity contribution in [2.45, 2.75) is 31.5 Å². The number of hydrogen-bond donors (Lipinski definition) is 1. The predicted octanol–water partition coefficient (Wildman–Crippen LogP) is 1.08. The molecule has 0 spiro atoms. The number of ether oxygens (including phenoxy) is 2. The fourth-order valence-electron chi connectivity index (χ4n) is 2.09. The molecule has 5 nitrogen and oxygen atoms in total. The highest BCUT2D eigenvalue weighted by Crippen LogP contribution is 2.25. The van der Waals surface area contributed by atoms with Crippen molar-refractivity contribution in [1.82, 2.24) is 4.57 Å². The van der Waals surface area contributed by atoms with Crippen LogP contribution in [0.4, 0.5) is 5.69 Å². The van der Waals surface area contributed by atoms with E-state index in [1.807, 2.05) is 12.3 Å². The van der Waals surface area contributed by atoms with Crippen LogP contribution in [0.5, 0.6) is 0 Å². The first-order chi connectivity index (χ1) is 8.72. The SMILES string of the molecule is COCCn1cc(NC2CC(OC)C2)ccc1=O. The van der Waals surface area contributed by atoms with E-state index in [1.165, 1.54) is 0 Å². The number of pyridine rings is 1. The molecular weight excluding hydrogens is 232 g/mol. The molecule has 1 aliphatic carbocycles. The summed E-state index contributed by atoms with van der Waals surface area (Å²) >= 11 is 0. The van der Waals surface area contributed by atoms with Crippen LogP contribution in [-0.2, 0) is 16.0 Å². The first kappa shape index (κ1) is 13.1. The van der Waals surface area contributed by atoms with Crippen molar-refractivity contribution < 1.29 is 9.47 Å². The molecule has 0 unspecified atom stereocenters. The second-order valence-corrected chi connectivity index (χ2v) is 4.61. The number of hydrogen-bond acceptors (Lipinski definition) is 4. The monoisotopic (exact) mass is 252 g/mol. The van der Waals surface area contributed by atoms with Crippen LogP contribution in [0.15, 0.2) is 23.1 Å². The van der Waals surface area contributed by atoms with Crippen molar-refractivity contribution in [2.75, 3.05) is 26.1 Å². The first-order valence-electron chi connectivity index (χ1n) is 6.21. The minimum Gasteiger partial charge on any atom is -0.383 e. The lowest BCUT2D eigenvalue weighted by Gasteiger charge is -2.35. The van der Waals surface area contributed by atoms with Crippen molar-refractivity contribution >= 4 is 5.69 Å². The van der Waals surface area contributed by atoms with Crippen LogP contribution in [-0.4, -0.2) is 37.5 Å². The zero-order chi connectivity index (χ0) is 13.0. The Balaban J connectivity index is 1.95. The van der Waals surface area contributed by atoms with E-state index in [0.717, 1.165) is 18.5 Å². The molecule has 0 bridgehead atoms. The fourth-order valence-corrected chi connectivity index (χ4v) is 2.09. The molecule has 0 saturated heterocycles. The molecule has 18 heavy (non-hydrogen) atoms. The van der Waals surface area contributed by atoms with Gasteiger partial charge in [0.15, 0.2) is 0 Å². The van der Waals surface area contributed by atoms with Gasteiger partial charge in [0.25, 0.3) is 5.56 Å². The van der Waals surface area contributed by atoms with Crippen LogP contribution in [0.2, 0.25) is 0 Å². The van der Waals surface area contributed by atoms with Crippen LogP contribution in [0.25, 0.3) is 0 Å². The summed E-state index contributed by atoms with van der Waals surface area (Å²) in [6.07, 6.45) is 4.27. The number of aromatic nitrogens is 1. The normalized spacial score (nSPS) is 22.6. The molecule has 1 fully saturated rings. The Kier molecular flexibility index (Phi) is 4.38. The topological polar surface area (TPSA) is 52.5 Å². The number of nitrogens with zero attached hydrogens (tertiary/aromatic N) is 1. The van der Waals surface area contributed by atoms with E-state index in [-0.39, 0.29) is 5.56 Å². The molecule has 0 atom stereocenters. The summed E-state index contributed by atoms with van der Waals surface area (Å²) < 4.78 is 11.9. The zero-order valence-corrected chi connectivity index (χ0v) is 10.9. The van der Waals surface area contributed by atoms with Gasteiger partial charge in [-0.2, -0.15) is 0 Å².